The van der Waals surface area contributed by atoms with E-state index in [9.17, 15) is 4.39 Å². The molecule has 0 saturated carbocycles. The van der Waals surface area contributed by atoms with E-state index < -0.39 is 0 Å². The lowest BCUT2D eigenvalue weighted by molar-refractivity contribution is 0.356. The minimum Gasteiger partial charge on any atom is -0.493 e. The second-order valence-electron chi connectivity index (χ2n) is 6.26. The second kappa shape index (κ2) is 6.51. The molecule has 0 bridgehead atoms. The van der Waals surface area contributed by atoms with Gasteiger partial charge in [-0.05, 0) is 59.6 Å². The minimum absolute atomic E-state index is 0.168. The fourth-order valence-corrected chi connectivity index (χ4v) is 3.33. The van der Waals surface area contributed by atoms with Crippen molar-refractivity contribution in [2.75, 3.05) is 6.61 Å². The van der Waals surface area contributed by atoms with Crippen LogP contribution in [0.25, 0.3) is 0 Å². The summed E-state index contributed by atoms with van der Waals surface area (Å²) in [5.41, 5.74) is 3.89. The largest absolute Gasteiger partial charge is 0.493 e. The molecule has 0 fully saturated rings. The third-order valence-electron chi connectivity index (χ3n) is 4.76. The molecule has 2 aromatic carbocycles. The van der Waals surface area contributed by atoms with Gasteiger partial charge in [-0.15, -0.1) is 0 Å². The third-order valence-corrected chi connectivity index (χ3v) is 4.76. The van der Waals surface area contributed by atoms with E-state index >= 15 is 0 Å². The van der Waals surface area contributed by atoms with Gasteiger partial charge in [-0.2, -0.15) is 0 Å². The van der Waals surface area contributed by atoms with Gasteiger partial charge < -0.3 is 4.74 Å². The van der Waals surface area contributed by atoms with Crippen molar-refractivity contribution in [2.24, 2.45) is 0 Å². The first-order valence-corrected chi connectivity index (χ1v) is 8.18. The summed E-state index contributed by atoms with van der Waals surface area (Å²) in [6.45, 7) is 5.26. The maximum Gasteiger partial charge on any atom is 0.123 e. The lowest BCUT2D eigenvalue weighted by Crippen LogP contribution is -2.04. The molecule has 2 unspecified atom stereocenters. The van der Waals surface area contributed by atoms with E-state index in [2.05, 4.69) is 32.0 Å². The van der Waals surface area contributed by atoms with Crippen LogP contribution < -0.4 is 4.74 Å². The van der Waals surface area contributed by atoms with E-state index in [1.807, 2.05) is 12.1 Å². The lowest BCUT2D eigenvalue weighted by atomic mass is 9.84. The first kappa shape index (κ1) is 15.1. The Balaban J connectivity index is 1.75. The quantitative estimate of drug-likeness (QED) is 0.713. The Morgan fingerprint density at radius 3 is 2.55 bits per heavy atom. The first-order valence-electron chi connectivity index (χ1n) is 8.18. The van der Waals surface area contributed by atoms with E-state index in [1.165, 1.54) is 16.7 Å². The zero-order chi connectivity index (χ0) is 15.5. The Hall–Kier alpha value is -1.83. The van der Waals surface area contributed by atoms with Gasteiger partial charge in [0.05, 0.1) is 6.61 Å². The van der Waals surface area contributed by atoms with Gasteiger partial charge in [0.1, 0.15) is 11.6 Å². The highest BCUT2D eigenvalue weighted by molar-refractivity contribution is 5.41. The Labute approximate surface area is 132 Å². The predicted octanol–water partition coefficient (Wildman–Crippen LogP) is 5.45. The number of ether oxygens (including phenoxy) is 1. The van der Waals surface area contributed by atoms with Gasteiger partial charge >= 0.3 is 0 Å². The summed E-state index contributed by atoms with van der Waals surface area (Å²) in [5, 5.41) is 0. The van der Waals surface area contributed by atoms with Crippen molar-refractivity contribution in [1.29, 1.82) is 0 Å². The van der Waals surface area contributed by atoms with Crippen LogP contribution in [0.2, 0.25) is 0 Å². The van der Waals surface area contributed by atoms with E-state index in [-0.39, 0.29) is 5.82 Å². The van der Waals surface area contributed by atoms with Crippen molar-refractivity contribution in [3.05, 3.63) is 65.0 Å². The number of hydrogen-bond acceptors (Lipinski definition) is 1. The topological polar surface area (TPSA) is 9.23 Å². The molecule has 1 aliphatic heterocycles. The molecule has 0 N–H and O–H groups in total. The maximum absolute atomic E-state index is 13.1. The van der Waals surface area contributed by atoms with E-state index in [4.69, 9.17) is 4.74 Å². The standard InChI is InChI=1S/C20H23FO/c1-3-15(12-14(2)16-6-8-19(21)9-7-16)18-5-4-17-10-11-22-20(17)13-18/h4-9,13-15H,3,10-12H2,1-2H3. The Kier molecular flexibility index (Phi) is 4.47. The summed E-state index contributed by atoms with van der Waals surface area (Å²) in [6, 6.07) is 13.6. The lowest BCUT2D eigenvalue weighted by Gasteiger charge is -2.21. The molecule has 0 amide bonds. The number of benzene rings is 2. The average molecular weight is 298 g/mol. The van der Waals surface area contributed by atoms with Gasteiger partial charge in [0.25, 0.3) is 0 Å². The van der Waals surface area contributed by atoms with Crippen molar-refractivity contribution in [3.63, 3.8) is 0 Å². The molecule has 2 aromatic rings. The summed E-state index contributed by atoms with van der Waals surface area (Å²) in [7, 11) is 0. The molecule has 1 nitrogen and oxygen atoms in total. The predicted molar refractivity (Wildman–Crippen MR) is 88.1 cm³/mol. The molecule has 0 radical (unpaired) electrons. The Morgan fingerprint density at radius 1 is 1.09 bits per heavy atom. The van der Waals surface area contributed by atoms with Crippen molar-refractivity contribution in [1.82, 2.24) is 0 Å². The number of hydrogen-bond donors (Lipinski definition) is 0. The molecule has 2 heteroatoms. The zero-order valence-corrected chi connectivity index (χ0v) is 13.3. The van der Waals surface area contributed by atoms with Crippen LogP contribution in [-0.4, -0.2) is 6.61 Å². The van der Waals surface area contributed by atoms with Crippen molar-refractivity contribution >= 4 is 0 Å². The highest BCUT2D eigenvalue weighted by Gasteiger charge is 2.18. The van der Waals surface area contributed by atoms with Gasteiger partial charge in [-0.3, -0.25) is 0 Å². The van der Waals surface area contributed by atoms with E-state index in [0.717, 1.165) is 31.6 Å². The Morgan fingerprint density at radius 2 is 1.82 bits per heavy atom. The molecular formula is C20H23FO. The van der Waals surface area contributed by atoms with Gasteiger partial charge in [-0.1, -0.05) is 38.1 Å². The smallest absolute Gasteiger partial charge is 0.123 e. The second-order valence-corrected chi connectivity index (χ2v) is 6.26. The molecule has 1 heterocycles. The summed E-state index contributed by atoms with van der Waals surface area (Å²) in [6.07, 6.45) is 3.20. The SMILES string of the molecule is CCC(CC(C)c1ccc(F)cc1)c1ccc2c(c1)OCC2. The molecule has 0 saturated heterocycles. The van der Waals surface area contributed by atoms with Crippen LogP contribution in [0.3, 0.4) is 0 Å². The zero-order valence-electron chi connectivity index (χ0n) is 13.3. The molecule has 22 heavy (non-hydrogen) atoms. The van der Waals surface area contributed by atoms with Gasteiger partial charge in [0.2, 0.25) is 0 Å². The summed E-state index contributed by atoms with van der Waals surface area (Å²) >= 11 is 0. The summed E-state index contributed by atoms with van der Waals surface area (Å²) in [5.74, 6) is 1.82. The van der Waals surface area contributed by atoms with Crippen LogP contribution in [-0.2, 0) is 6.42 Å². The fraction of sp³-hybridized carbons (Fsp3) is 0.400. The molecule has 0 aliphatic carbocycles. The van der Waals surface area contributed by atoms with Gasteiger partial charge in [0, 0.05) is 6.42 Å². The number of halogens is 1. The molecule has 116 valence electrons. The molecular weight excluding hydrogens is 275 g/mol. The van der Waals surface area contributed by atoms with Gasteiger partial charge in [0.15, 0.2) is 0 Å². The van der Waals surface area contributed by atoms with Crippen LogP contribution >= 0.6 is 0 Å². The normalized spacial score (nSPS) is 16.0. The Bertz CT molecular complexity index is 633. The highest BCUT2D eigenvalue weighted by atomic mass is 19.1. The number of fused-ring (bicyclic) bond motifs is 1. The number of rotatable bonds is 5. The summed E-state index contributed by atoms with van der Waals surface area (Å²) < 4.78 is 18.8. The van der Waals surface area contributed by atoms with E-state index in [1.54, 1.807) is 12.1 Å². The van der Waals surface area contributed by atoms with Crippen LogP contribution in [0.1, 0.15) is 55.2 Å². The monoisotopic (exact) mass is 298 g/mol. The van der Waals surface area contributed by atoms with Crippen molar-refractivity contribution < 1.29 is 9.13 Å². The minimum atomic E-state index is -0.168. The van der Waals surface area contributed by atoms with Crippen molar-refractivity contribution in [3.8, 4) is 5.75 Å². The van der Waals surface area contributed by atoms with Crippen LogP contribution in [0.15, 0.2) is 42.5 Å². The molecule has 3 rings (SSSR count). The first-order chi connectivity index (χ1) is 10.7. The molecule has 0 spiro atoms. The van der Waals surface area contributed by atoms with Crippen LogP contribution in [0, 0.1) is 5.82 Å². The van der Waals surface area contributed by atoms with Gasteiger partial charge in [-0.25, -0.2) is 4.39 Å². The summed E-state index contributed by atoms with van der Waals surface area (Å²) in [4.78, 5) is 0. The van der Waals surface area contributed by atoms with Crippen LogP contribution in [0.5, 0.6) is 5.75 Å². The maximum atomic E-state index is 13.1. The van der Waals surface area contributed by atoms with Crippen LogP contribution in [0.4, 0.5) is 4.39 Å². The highest BCUT2D eigenvalue weighted by Crippen LogP contribution is 2.35. The molecule has 1 aliphatic rings. The average Bonchev–Trinajstić information content (AvgIpc) is 3.00. The molecule has 0 aromatic heterocycles. The molecule has 2 atom stereocenters. The van der Waals surface area contributed by atoms with E-state index in [0.29, 0.717) is 11.8 Å². The van der Waals surface area contributed by atoms with Crippen molar-refractivity contribution in [2.45, 2.75) is 44.9 Å². The third kappa shape index (κ3) is 3.16. The fourth-order valence-electron chi connectivity index (χ4n) is 3.33.